The van der Waals surface area contributed by atoms with Gasteiger partial charge in [0, 0.05) is 24.7 Å². The van der Waals surface area contributed by atoms with Gasteiger partial charge in [0.15, 0.2) is 0 Å². The normalized spacial score (nSPS) is 19.2. The third-order valence-corrected chi connectivity index (χ3v) is 4.12. The lowest BCUT2D eigenvalue weighted by Gasteiger charge is -2.35. The molecule has 3 nitrogen and oxygen atoms in total. The number of ether oxygens (including phenoxy) is 1. The Bertz CT molecular complexity index is 457. The van der Waals surface area contributed by atoms with E-state index in [-0.39, 0.29) is 0 Å². The molecule has 0 amide bonds. The van der Waals surface area contributed by atoms with E-state index in [9.17, 15) is 0 Å². The van der Waals surface area contributed by atoms with E-state index < -0.39 is 0 Å². The molecular formula is C17H28N2O. The van der Waals surface area contributed by atoms with Gasteiger partial charge in [0.05, 0.1) is 6.61 Å². The van der Waals surface area contributed by atoms with E-state index >= 15 is 0 Å². The molecule has 0 saturated heterocycles. The zero-order valence-corrected chi connectivity index (χ0v) is 13.6. The van der Waals surface area contributed by atoms with Crippen LogP contribution in [-0.4, -0.2) is 44.1 Å². The summed E-state index contributed by atoms with van der Waals surface area (Å²) >= 11 is 0. The molecule has 0 aliphatic carbocycles. The van der Waals surface area contributed by atoms with Crippen LogP contribution in [0.15, 0.2) is 12.1 Å². The smallest absolute Gasteiger partial charge is 0.124 e. The highest BCUT2D eigenvalue weighted by Crippen LogP contribution is 2.35. The van der Waals surface area contributed by atoms with Gasteiger partial charge < -0.3 is 9.64 Å². The zero-order valence-electron chi connectivity index (χ0n) is 13.6. The second-order valence-electron chi connectivity index (χ2n) is 5.98. The first kappa shape index (κ1) is 15.3. The third kappa shape index (κ3) is 3.15. The number of benzene rings is 1. The van der Waals surface area contributed by atoms with Crippen LogP contribution in [0.3, 0.4) is 0 Å². The topological polar surface area (TPSA) is 15.7 Å². The molecule has 3 heteroatoms. The Morgan fingerprint density at radius 2 is 2.05 bits per heavy atom. The van der Waals surface area contributed by atoms with Gasteiger partial charge in [0.1, 0.15) is 5.75 Å². The zero-order chi connectivity index (χ0) is 14.7. The Labute approximate surface area is 123 Å². The Hall–Kier alpha value is -1.06. The lowest BCUT2D eigenvalue weighted by molar-refractivity contribution is 0.223. The summed E-state index contributed by atoms with van der Waals surface area (Å²) in [5.41, 5.74) is 4.29. The first-order valence-corrected chi connectivity index (χ1v) is 7.70. The lowest BCUT2D eigenvalue weighted by Crippen LogP contribution is -2.32. The van der Waals surface area contributed by atoms with Crippen LogP contribution in [-0.2, 0) is 13.0 Å². The molecular weight excluding hydrogens is 248 g/mol. The molecule has 0 spiro atoms. The molecule has 1 heterocycles. The number of rotatable bonds is 5. The maximum absolute atomic E-state index is 5.89. The second kappa shape index (κ2) is 6.59. The summed E-state index contributed by atoms with van der Waals surface area (Å²) in [6.45, 7) is 7.15. The molecule has 0 radical (unpaired) electrons. The van der Waals surface area contributed by atoms with Crippen molar-refractivity contribution in [1.29, 1.82) is 0 Å². The fraction of sp³-hybridized carbons (Fsp3) is 0.647. The summed E-state index contributed by atoms with van der Waals surface area (Å²) in [6, 6.07) is 5.20. The van der Waals surface area contributed by atoms with Crippen molar-refractivity contribution in [3.8, 4) is 5.75 Å². The number of likely N-dealkylation sites (N-methyl/N-ethyl adjacent to an activating group) is 1. The largest absolute Gasteiger partial charge is 0.494 e. The van der Waals surface area contributed by atoms with E-state index in [0.717, 1.165) is 38.3 Å². The van der Waals surface area contributed by atoms with Gasteiger partial charge in [-0.05, 0) is 58.1 Å². The highest BCUT2D eigenvalue weighted by atomic mass is 16.5. The standard InChI is InChI=1S/C17H28N2O/c1-6-16-15-11-17(20-7-2)14(12-18(3)4)10-13(15)8-9-19(16)5/h10-11,16H,6-9,12H2,1-5H3. The Morgan fingerprint density at radius 1 is 1.30 bits per heavy atom. The predicted molar refractivity (Wildman–Crippen MR) is 84.4 cm³/mol. The number of hydrogen-bond donors (Lipinski definition) is 0. The van der Waals surface area contributed by atoms with Crippen LogP contribution in [0.1, 0.15) is 43.0 Å². The van der Waals surface area contributed by atoms with Crippen LogP contribution < -0.4 is 4.74 Å². The average molecular weight is 276 g/mol. The molecule has 0 aromatic heterocycles. The number of fused-ring (bicyclic) bond motifs is 1. The molecule has 112 valence electrons. The van der Waals surface area contributed by atoms with E-state index in [1.807, 2.05) is 0 Å². The van der Waals surface area contributed by atoms with Crippen LogP contribution in [0, 0.1) is 0 Å². The first-order chi connectivity index (χ1) is 9.56. The Kier molecular flexibility index (Phi) is 5.06. The van der Waals surface area contributed by atoms with E-state index in [2.05, 4.69) is 56.9 Å². The van der Waals surface area contributed by atoms with Gasteiger partial charge >= 0.3 is 0 Å². The molecule has 1 unspecified atom stereocenters. The molecule has 2 rings (SSSR count). The summed E-state index contributed by atoms with van der Waals surface area (Å²) in [5.74, 6) is 1.06. The maximum Gasteiger partial charge on any atom is 0.124 e. The van der Waals surface area contributed by atoms with Gasteiger partial charge in [-0.25, -0.2) is 0 Å². The van der Waals surface area contributed by atoms with Crippen molar-refractivity contribution in [2.45, 2.75) is 39.3 Å². The van der Waals surface area contributed by atoms with Gasteiger partial charge in [0.25, 0.3) is 0 Å². The van der Waals surface area contributed by atoms with E-state index in [1.54, 1.807) is 0 Å². The summed E-state index contributed by atoms with van der Waals surface area (Å²) < 4.78 is 5.89. The summed E-state index contributed by atoms with van der Waals surface area (Å²) in [7, 11) is 6.45. The monoisotopic (exact) mass is 276 g/mol. The van der Waals surface area contributed by atoms with Crippen molar-refractivity contribution < 1.29 is 4.74 Å². The highest BCUT2D eigenvalue weighted by molar-refractivity contribution is 5.45. The van der Waals surface area contributed by atoms with E-state index in [0.29, 0.717) is 6.04 Å². The minimum atomic E-state index is 0.534. The van der Waals surface area contributed by atoms with Crippen molar-refractivity contribution in [3.05, 3.63) is 28.8 Å². The van der Waals surface area contributed by atoms with Gasteiger partial charge in [-0.2, -0.15) is 0 Å². The molecule has 0 N–H and O–H groups in total. The van der Waals surface area contributed by atoms with Crippen molar-refractivity contribution in [2.24, 2.45) is 0 Å². The van der Waals surface area contributed by atoms with E-state index in [4.69, 9.17) is 4.74 Å². The quantitative estimate of drug-likeness (QED) is 0.822. The lowest BCUT2D eigenvalue weighted by atomic mass is 9.89. The van der Waals surface area contributed by atoms with Gasteiger partial charge in [-0.1, -0.05) is 13.0 Å². The minimum Gasteiger partial charge on any atom is -0.494 e. The van der Waals surface area contributed by atoms with Crippen LogP contribution >= 0.6 is 0 Å². The van der Waals surface area contributed by atoms with Gasteiger partial charge in [-0.15, -0.1) is 0 Å². The van der Waals surface area contributed by atoms with E-state index in [1.165, 1.54) is 16.7 Å². The molecule has 1 aliphatic heterocycles. The molecule has 1 aromatic carbocycles. The minimum absolute atomic E-state index is 0.534. The summed E-state index contributed by atoms with van der Waals surface area (Å²) in [4.78, 5) is 4.67. The summed E-state index contributed by atoms with van der Waals surface area (Å²) in [5, 5.41) is 0. The van der Waals surface area contributed by atoms with Crippen molar-refractivity contribution in [2.75, 3.05) is 34.3 Å². The van der Waals surface area contributed by atoms with Crippen molar-refractivity contribution in [1.82, 2.24) is 9.80 Å². The summed E-state index contributed by atoms with van der Waals surface area (Å²) in [6.07, 6.45) is 2.30. The third-order valence-electron chi connectivity index (χ3n) is 4.12. The van der Waals surface area contributed by atoms with Gasteiger partial charge in [0.2, 0.25) is 0 Å². The first-order valence-electron chi connectivity index (χ1n) is 7.70. The molecule has 0 fully saturated rings. The molecule has 0 saturated carbocycles. The molecule has 1 aliphatic rings. The number of nitrogens with zero attached hydrogens (tertiary/aromatic N) is 2. The van der Waals surface area contributed by atoms with Gasteiger partial charge in [-0.3, -0.25) is 4.90 Å². The second-order valence-corrected chi connectivity index (χ2v) is 5.98. The van der Waals surface area contributed by atoms with Crippen LogP contribution in [0.4, 0.5) is 0 Å². The molecule has 0 bridgehead atoms. The van der Waals surface area contributed by atoms with Crippen molar-refractivity contribution >= 4 is 0 Å². The molecule has 1 aromatic rings. The highest BCUT2D eigenvalue weighted by Gasteiger charge is 2.25. The SMILES string of the molecule is CCOc1cc2c(cc1CN(C)C)CCN(C)C2CC. The fourth-order valence-electron chi connectivity index (χ4n) is 3.19. The Balaban J connectivity index is 2.42. The number of hydrogen-bond acceptors (Lipinski definition) is 3. The average Bonchev–Trinajstić information content (AvgIpc) is 2.39. The molecule has 20 heavy (non-hydrogen) atoms. The molecule has 1 atom stereocenters. The predicted octanol–water partition coefficient (Wildman–Crippen LogP) is 3.09. The van der Waals surface area contributed by atoms with Crippen LogP contribution in [0.5, 0.6) is 5.75 Å². The van der Waals surface area contributed by atoms with Crippen LogP contribution in [0.2, 0.25) is 0 Å². The maximum atomic E-state index is 5.89. The van der Waals surface area contributed by atoms with Crippen LogP contribution in [0.25, 0.3) is 0 Å². The Morgan fingerprint density at radius 3 is 2.65 bits per heavy atom. The van der Waals surface area contributed by atoms with Crippen molar-refractivity contribution in [3.63, 3.8) is 0 Å². The fourth-order valence-corrected chi connectivity index (χ4v) is 3.19.